The van der Waals surface area contributed by atoms with Gasteiger partial charge in [0.15, 0.2) is 0 Å². The second kappa shape index (κ2) is 2.50. The lowest BCUT2D eigenvalue weighted by Gasteiger charge is -2.32. The van der Waals surface area contributed by atoms with Gasteiger partial charge in [0.25, 0.3) is 0 Å². The average molecular weight is 154 g/mol. The van der Waals surface area contributed by atoms with Gasteiger partial charge in [0.1, 0.15) is 0 Å². The highest BCUT2D eigenvalue weighted by molar-refractivity contribution is 5.04. The molecule has 1 rings (SSSR count). The highest BCUT2D eigenvalue weighted by atomic mass is 14.6. The molecule has 1 aliphatic carbocycles. The minimum Gasteiger partial charge on any atom is -0.0654 e. The van der Waals surface area contributed by atoms with Crippen molar-refractivity contribution in [2.75, 3.05) is 0 Å². The van der Waals surface area contributed by atoms with Crippen LogP contribution in [0.3, 0.4) is 0 Å². The van der Waals surface area contributed by atoms with Crippen LogP contribution in [0.1, 0.15) is 53.9 Å². The molecule has 0 bridgehead atoms. The van der Waals surface area contributed by atoms with Gasteiger partial charge in [0.2, 0.25) is 0 Å². The second-order valence-corrected chi connectivity index (χ2v) is 5.16. The van der Waals surface area contributed by atoms with Crippen LogP contribution in [-0.2, 0) is 0 Å². The highest BCUT2D eigenvalue weighted by Crippen LogP contribution is 2.64. The van der Waals surface area contributed by atoms with Gasteiger partial charge in [-0.3, -0.25) is 0 Å². The molecule has 0 aliphatic heterocycles. The van der Waals surface area contributed by atoms with E-state index in [-0.39, 0.29) is 0 Å². The van der Waals surface area contributed by atoms with Crippen molar-refractivity contribution in [1.29, 1.82) is 0 Å². The summed E-state index contributed by atoms with van der Waals surface area (Å²) in [6, 6.07) is 0. The first-order chi connectivity index (χ1) is 4.94. The molecule has 2 atom stereocenters. The number of hydrogen-bond acceptors (Lipinski definition) is 0. The SMILES string of the molecule is CCCC(C)(C)C1(C)CC1C. The van der Waals surface area contributed by atoms with Crippen molar-refractivity contribution < 1.29 is 0 Å². The largest absolute Gasteiger partial charge is 0.0654 e. The first-order valence-electron chi connectivity index (χ1n) is 4.94. The molecule has 0 N–H and O–H groups in total. The third-order valence-corrected chi connectivity index (χ3v) is 4.08. The first kappa shape index (κ1) is 9.09. The molecule has 0 amide bonds. The molecular weight excluding hydrogens is 132 g/mol. The zero-order chi connectivity index (χ0) is 8.70. The van der Waals surface area contributed by atoms with Crippen molar-refractivity contribution in [3.63, 3.8) is 0 Å². The third kappa shape index (κ3) is 1.32. The topological polar surface area (TPSA) is 0 Å². The molecule has 0 heterocycles. The molecule has 0 aromatic carbocycles. The second-order valence-electron chi connectivity index (χ2n) is 5.16. The van der Waals surface area contributed by atoms with E-state index in [9.17, 15) is 0 Å². The molecule has 0 nitrogen and oxygen atoms in total. The summed E-state index contributed by atoms with van der Waals surface area (Å²) in [5.74, 6) is 0.962. The Morgan fingerprint density at radius 1 is 1.45 bits per heavy atom. The van der Waals surface area contributed by atoms with Gasteiger partial charge in [-0.15, -0.1) is 0 Å². The quantitative estimate of drug-likeness (QED) is 0.579. The van der Waals surface area contributed by atoms with Gasteiger partial charge >= 0.3 is 0 Å². The van der Waals surface area contributed by atoms with Crippen molar-refractivity contribution in [1.82, 2.24) is 0 Å². The van der Waals surface area contributed by atoms with Crippen molar-refractivity contribution in [2.45, 2.75) is 53.9 Å². The highest BCUT2D eigenvalue weighted by Gasteiger charge is 2.55. The third-order valence-electron chi connectivity index (χ3n) is 4.08. The van der Waals surface area contributed by atoms with Gasteiger partial charge in [-0.2, -0.15) is 0 Å². The van der Waals surface area contributed by atoms with E-state index in [1.54, 1.807) is 0 Å². The van der Waals surface area contributed by atoms with E-state index in [2.05, 4.69) is 34.6 Å². The molecule has 0 radical (unpaired) electrons. The van der Waals surface area contributed by atoms with Gasteiger partial charge in [-0.1, -0.05) is 41.0 Å². The Labute approximate surface area is 71.4 Å². The van der Waals surface area contributed by atoms with E-state index in [4.69, 9.17) is 0 Å². The van der Waals surface area contributed by atoms with Gasteiger partial charge in [-0.05, 0) is 29.6 Å². The van der Waals surface area contributed by atoms with Crippen LogP contribution in [0.2, 0.25) is 0 Å². The summed E-state index contributed by atoms with van der Waals surface area (Å²) < 4.78 is 0. The number of hydrogen-bond donors (Lipinski definition) is 0. The Bertz CT molecular complexity index is 146. The summed E-state index contributed by atoms with van der Waals surface area (Å²) in [5.41, 5.74) is 1.23. The molecule has 1 fully saturated rings. The van der Waals surface area contributed by atoms with Crippen LogP contribution in [0.5, 0.6) is 0 Å². The van der Waals surface area contributed by atoms with E-state index in [1.165, 1.54) is 19.3 Å². The molecule has 66 valence electrons. The molecule has 0 heteroatoms. The Kier molecular flexibility index (Phi) is 2.07. The lowest BCUT2D eigenvalue weighted by Crippen LogP contribution is -2.24. The maximum Gasteiger partial charge on any atom is -0.0246 e. The number of rotatable bonds is 3. The summed E-state index contributed by atoms with van der Waals surface area (Å²) in [7, 11) is 0. The lowest BCUT2D eigenvalue weighted by atomic mass is 9.72. The first-order valence-corrected chi connectivity index (χ1v) is 4.94. The maximum atomic E-state index is 2.45. The molecule has 1 saturated carbocycles. The fourth-order valence-corrected chi connectivity index (χ4v) is 2.43. The van der Waals surface area contributed by atoms with E-state index in [1.807, 2.05) is 0 Å². The molecule has 0 spiro atoms. The summed E-state index contributed by atoms with van der Waals surface area (Å²) in [6.45, 7) is 12.0. The van der Waals surface area contributed by atoms with E-state index in [0.29, 0.717) is 10.8 Å². The fourth-order valence-electron chi connectivity index (χ4n) is 2.43. The van der Waals surface area contributed by atoms with Crippen molar-refractivity contribution in [2.24, 2.45) is 16.7 Å². The van der Waals surface area contributed by atoms with E-state index in [0.717, 1.165) is 5.92 Å². The minimum absolute atomic E-state index is 0.571. The smallest absolute Gasteiger partial charge is 0.0246 e. The van der Waals surface area contributed by atoms with Gasteiger partial charge in [0, 0.05) is 0 Å². The van der Waals surface area contributed by atoms with Gasteiger partial charge in [-0.25, -0.2) is 0 Å². The Balaban J connectivity index is 2.58. The maximum absolute atomic E-state index is 2.45. The molecule has 0 saturated heterocycles. The standard InChI is InChI=1S/C11H22/c1-6-7-10(3,4)11(5)8-9(11)2/h9H,6-8H2,1-5H3. The van der Waals surface area contributed by atoms with Gasteiger partial charge in [0.05, 0.1) is 0 Å². The lowest BCUT2D eigenvalue weighted by molar-refractivity contribution is 0.171. The zero-order valence-electron chi connectivity index (χ0n) is 8.70. The van der Waals surface area contributed by atoms with Crippen LogP contribution in [0.25, 0.3) is 0 Å². The molecule has 0 aromatic heterocycles. The Hall–Kier alpha value is 0. The Morgan fingerprint density at radius 3 is 2.18 bits per heavy atom. The molecule has 2 unspecified atom stereocenters. The summed E-state index contributed by atoms with van der Waals surface area (Å²) in [6.07, 6.45) is 4.16. The minimum atomic E-state index is 0.571. The van der Waals surface area contributed by atoms with Crippen LogP contribution in [0.15, 0.2) is 0 Å². The summed E-state index contributed by atoms with van der Waals surface area (Å²) in [5, 5.41) is 0. The van der Waals surface area contributed by atoms with Crippen LogP contribution in [0.4, 0.5) is 0 Å². The van der Waals surface area contributed by atoms with Crippen molar-refractivity contribution in [3.05, 3.63) is 0 Å². The predicted octanol–water partition coefficient (Wildman–Crippen LogP) is 3.86. The van der Waals surface area contributed by atoms with Gasteiger partial charge < -0.3 is 0 Å². The average Bonchev–Trinajstić information content (AvgIpc) is 2.42. The van der Waals surface area contributed by atoms with Crippen LogP contribution in [0, 0.1) is 16.7 Å². The monoisotopic (exact) mass is 154 g/mol. The fraction of sp³-hybridized carbons (Fsp3) is 1.00. The summed E-state index contributed by atoms with van der Waals surface area (Å²) in [4.78, 5) is 0. The molecular formula is C11H22. The Morgan fingerprint density at radius 2 is 1.91 bits per heavy atom. The summed E-state index contributed by atoms with van der Waals surface area (Å²) >= 11 is 0. The predicted molar refractivity (Wildman–Crippen MR) is 50.6 cm³/mol. The van der Waals surface area contributed by atoms with Crippen molar-refractivity contribution in [3.8, 4) is 0 Å². The zero-order valence-corrected chi connectivity index (χ0v) is 8.70. The van der Waals surface area contributed by atoms with Crippen LogP contribution in [-0.4, -0.2) is 0 Å². The molecule has 11 heavy (non-hydrogen) atoms. The molecule has 1 aliphatic rings. The normalized spacial score (nSPS) is 37.4. The van der Waals surface area contributed by atoms with Crippen LogP contribution >= 0.6 is 0 Å². The molecule has 0 aromatic rings. The van der Waals surface area contributed by atoms with Crippen molar-refractivity contribution >= 4 is 0 Å². The van der Waals surface area contributed by atoms with Crippen LogP contribution < -0.4 is 0 Å². The van der Waals surface area contributed by atoms with E-state index < -0.39 is 0 Å². The van der Waals surface area contributed by atoms with E-state index >= 15 is 0 Å².